The van der Waals surface area contributed by atoms with E-state index in [1.165, 1.54) is 12.1 Å². The van der Waals surface area contributed by atoms with Crippen LogP contribution in [0.4, 0.5) is 10.6 Å². The molecule has 0 radical (unpaired) electrons. The van der Waals surface area contributed by atoms with Gasteiger partial charge in [0.15, 0.2) is 10.9 Å². The van der Waals surface area contributed by atoms with Gasteiger partial charge >= 0.3 is 6.09 Å². The van der Waals surface area contributed by atoms with Gasteiger partial charge < -0.3 is 9.64 Å². The maximum atomic E-state index is 12.9. The summed E-state index contributed by atoms with van der Waals surface area (Å²) in [5, 5.41) is 18.8. The predicted octanol–water partition coefficient (Wildman–Crippen LogP) is 0.994. The molecule has 0 aromatic carbocycles. The zero-order valence-electron chi connectivity index (χ0n) is 17.5. The molecule has 1 fully saturated rings. The number of aromatic nitrogens is 5. The first kappa shape index (κ1) is 21.9. The summed E-state index contributed by atoms with van der Waals surface area (Å²) < 4.78 is 29.1. The van der Waals surface area contributed by atoms with Crippen LogP contribution in [0.25, 0.3) is 0 Å². The molecule has 1 atom stereocenters. The fourth-order valence-electron chi connectivity index (χ4n) is 3.32. The number of sulfonamides is 1. The van der Waals surface area contributed by atoms with E-state index >= 15 is 0 Å². The normalized spacial score (nSPS) is 18.6. The lowest BCUT2D eigenvalue weighted by atomic mass is 9.85. The highest BCUT2D eigenvalue weighted by molar-refractivity contribution is 7.89. The van der Waals surface area contributed by atoms with E-state index in [9.17, 15) is 13.2 Å². The number of nitrogens with one attached hydrogen (secondary N) is 1. The number of nitrogens with zero attached hydrogens (tertiary/aromatic N) is 6. The Hall–Kier alpha value is -2.80. The number of amides is 1. The van der Waals surface area contributed by atoms with Gasteiger partial charge in [-0.25, -0.2) is 23.3 Å². The molecule has 13 heteroatoms. The van der Waals surface area contributed by atoms with E-state index < -0.39 is 33.4 Å². The van der Waals surface area contributed by atoms with Crippen molar-refractivity contribution in [3.8, 4) is 0 Å². The first-order valence-electron chi connectivity index (χ1n) is 9.29. The number of carbonyl (C=O) groups excluding carboxylic acids is 1. The highest BCUT2D eigenvalue weighted by Crippen LogP contribution is 2.41. The Morgan fingerprint density at radius 1 is 1.40 bits per heavy atom. The Labute approximate surface area is 174 Å². The van der Waals surface area contributed by atoms with Crippen LogP contribution < -0.4 is 10.0 Å². The first-order chi connectivity index (χ1) is 13.8. The van der Waals surface area contributed by atoms with Crippen molar-refractivity contribution in [3.05, 3.63) is 24.0 Å². The third-order valence-corrected chi connectivity index (χ3v) is 5.39. The molecule has 0 spiro atoms. The summed E-state index contributed by atoms with van der Waals surface area (Å²) in [5.74, 6) is 0.659. The van der Waals surface area contributed by atoms with Crippen molar-refractivity contribution in [2.75, 3.05) is 4.90 Å². The van der Waals surface area contributed by atoms with Crippen LogP contribution in [0, 0.1) is 0 Å². The maximum absolute atomic E-state index is 12.9. The topological polar surface area (TPSA) is 160 Å². The molecule has 12 nitrogen and oxygen atoms in total. The van der Waals surface area contributed by atoms with Crippen LogP contribution in [0.2, 0.25) is 0 Å². The Morgan fingerprint density at radius 3 is 2.63 bits per heavy atom. The van der Waals surface area contributed by atoms with Crippen LogP contribution in [-0.2, 0) is 21.3 Å². The zero-order valence-corrected chi connectivity index (χ0v) is 18.3. The quantitative estimate of drug-likeness (QED) is 0.693. The standard InChI is InChI=1S/C17H26N8O4S/c1-16(2,3)29-15(26)25-14(9-17(25,4)5)24(10-11-20-22-23-21-11)12-7-6-8-13(19-12)30(18,27)28/h6-8,14H,9-10H2,1-5H3,(H2,18,27,28)(H,20,21,22,23). The molecule has 0 saturated carbocycles. The first-order valence-corrected chi connectivity index (χ1v) is 10.8. The van der Waals surface area contributed by atoms with E-state index in [1.54, 1.807) is 36.6 Å². The van der Waals surface area contributed by atoms with Crippen LogP contribution in [-0.4, -0.2) is 62.3 Å². The van der Waals surface area contributed by atoms with Gasteiger partial charge in [0, 0.05) is 12.0 Å². The van der Waals surface area contributed by atoms with Crippen LogP contribution >= 0.6 is 0 Å². The van der Waals surface area contributed by atoms with Gasteiger partial charge in [-0.1, -0.05) is 11.3 Å². The molecule has 30 heavy (non-hydrogen) atoms. The number of likely N-dealkylation sites (tertiary alicyclic amines) is 1. The van der Waals surface area contributed by atoms with Crippen molar-refractivity contribution in [1.82, 2.24) is 30.5 Å². The van der Waals surface area contributed by atoms with Gasteiger partial charge in [0.05, 0.1) is 6.54 Å². The van der Waals surface area contributed by atoms with Crippen molar-refractivity contribution in [1.29, 1.82) is 0 Å². The number of primary sulfonamides is 1. The minimum absolute atomic E-state index is 0.137. The minimum atomic E-state index is -4.00. The number of aromatic amines is 1. The largest absolute Gasteiger partial charge is 0.444 e. The summed E-state index contributed by atoms with van der Waals surface area (Å²) in [6.07, 6.45) is -0.355. The van der Waals surface area contributed by atoms with Gasteiger partial charge in [-0.3, -0.25) is 4.90 Å². The van der Waals surface area contributed by atoms with Crippen LogP contribution in [0.5, 0.6) is 0 Å². The third kappa shape index (κ3) is 4.67. The Balaban J connectivity index is 1.99. The van der Waals surface area contributed by atoms with E-state index in [1.807, 2.05) is 13.8 Å². The van der Waals surface area contributed by atoms with Crippen molar-refractivity contribution in [2.45, 2.75) is 69.9 Å². The second-order valence-electron chi connectivity index (χ2n) is 8.68. The molecular formula is C17H26N8O4S. The molecule has 1 unspecified atom stereocenters. The van der Waals surface area contributed by atoms with Crippen molar-refractivity contribution in [3.63, 3.8) is 0 Å². The highest BCUT2D eigenvalue weighted by atomic mass is 32.2. The smallest absolute Gasteiger partial charge is 0.412 e. The molecule has 164 valence electrons. The lowest BCUT2D eigenvalue weighted by molar-refractivity contribution is -0.0664. The molecule has 1 saturated heterocycles. The fraction of sp³-hybridized carbons (Fsp3) is 0.588. The summed E-state index contributed by atoms with van der Waals surface area (Å²) in [6, 6.07) is 4.47. The maximum Gasteiger partial charge on any atom is 0.412 e. The number of hydrogen-bond donors (Lipinski definition) is 2. The molecular weight excluding hydrogens is 412 g/mol. The summed E-state index contributed by atoms with van der Waals surface area (Å²) in [4.78, 5) is 20.4. The molecule has 3 heterocycles. The number of carbonyl (C=O) groups is 1. The van der Waals surface area contributed by atoms with Gasteiger partial charge in [0.2, 0.25) is 0 Å². The average molecular weight is 439 g/mol. The average Bonchev–Trinajstić information content (AvgIpc) is 3.08. The van der Waals surface area contributed by atoms with Gasteiger partial charge in [0.1, 0.15) is 17.6 Å². The lowest BCUT2D eigenvalue weighted by Crippen LogP contribution is -2.71. The number of H-pyrrole nitrogens is 1. The molecule has 3 N–H and O–H groups in total. The van der Waals surface area contributed by atoms with Crippen LogP contribution in [0.3, 0.4) is 0 Å². The van der Waals surface area contributed by atoms with E-state index in [0.29, 0.717) is 18.1 Å². The highest BCUT2D eigenvalue weighted by Gasteiger charge is 2.52. The number of anilines is 1. The number of tetrazole rings is 1. The molecule has 0 bridgehead atoms. The SMILES string of the molecule is CC(C)(C)OC(=O)N1C(N(Cc2nn[nH]n2)c2cccc(S(N)(=O)=O)n2)CC1(C)C. The van der Waals surface area contributed by atoms with E-state index in [0.717, 1.165) is 0 Å². The van der Waals surface area contributed by atoms with Gasteiger partial charge in [-0.15, -0.1) is 10.2 Å². The predicted molar refractivity (Wildman–Crippen MR) is 107 cm³/mol. The number of nitrogens with two attached hydrogens (primary N) is 1. The number of ether oxygens (including phenoxy) is 1. The second kappa shape index (κ2) is 7.47. The Kier molecular flexibility index (Phi) is 5.45. The second-order valence-corrected chi connectivity index (χ2v) is 10.2. The van der Waals surface area contributed by atoms with E-state index in [2.05, 4.69) is 25.6 Å². The molecule has 1 amide bonds. The summed E-state index contributed by atoms with van der Waals surface area (Å²) in [5.41, 5.74) is -1.14. The molecule has 1 aliphatic rings. The van der Waals surface area contributed by atoms with E-state index in [-0.39, 0.29) is 11.6 Å². The molecule has 3 rings (SSSR count). The Bertz CT molecular complexity index is 1020. The lowest BCUT2D eigenvalue weighted by Gasteiger charge is -2.57. The molecule has 1 aliphatic heterocycles. The van der Waals surface area contributed by atoms with Crippen molar-refractivity contribution in [2.24, 2.45) is 5.14 Å². The summed E-state index contributed by atoms with van der Waals surface area (Å²) in [7, 11) is -4.00. The summed E-state index contributed by atoms with van der Waals surface area (Å²) >= 11 is 0. The van der Waals surface area contributed by atoms with Crippen molar-refractivity contribution < 1.29 is 17.9 Å². The van der Waals surface area contributed by atoms with E-state index in [4.69, 9.17) is 9.88 Å². The molecule has 2 aromatic rings. The van der Waals surface area contributed by atoms with Gasteiger partial charge in [-0.2, -0.15) is 5.21 Å². The minimum Gasteiger partial charge on any atom is -0.444 e. The van der Waals surface area contributed by atoms with Gasteiger partial charge in [-0.05, 0) is 46.8 Å². The van der Waals surface area contributed by atoms with Crippen molar-refractivity contribution >= 4 is 21.9 Å². The number of rotatable bonds is 5. The van der Waals surface area contributed by atoms with Gasteiger partial charge in [0.25, 0.3) is 10.0 Å². The number of hydrogen-bond acceptors (Lipinski definition) is 9. The zero-order chi connectivity index (χ0) is 22.3. The summed E-state index contributed by atoms with van der Waals surface area (Å²) in [6.45, 7) is 9.36. The monoisotopic (exact) mass is 438 g/mol. The molecule has 2 aromatic heterocycles. The van der Waals surface area contributed by atoms with Crippen LogP contribution in [0.15, 0.2) is 23.2 Å². The fourth-order valence-corrected chi connectivity index (χ4v) is 3.81. The number of pyridine rings is 1. The van der Waals surface area contributed by atoms with Crippen LogP contribution in [0.1, 0.15) is 46.9 Å². The Morgan fingerprint density at radius 2 is 2.10 bits per heavy atom. The molecule has 0 aliphatic carbocycles. The third-order valence-electron chi connectivity index (χ3n) is 4.58.